The molecule has 0 aromatic heterocycles. The van der Waals surface area contributed by atoms with Crippen LogP contribution < -0.4 is 0 Å². The Bertz CT molecular complexity index is 639. The smallest absolute Gasteiger partial charge is 0.302 e. The Hall–Kier alpha value is -1.32. The van der Waals surface area contributed by atoms with E-state index in [4.69, 9.17) is 4.74 Å². The van der Waals surface area contributed by atoms with Gasteiger partial charge in [0.25, 0.3) is 0 Å². The Labute approximate surface area is 150 Å². The molecule has 1 N–H and O–H groups in total. The summed E-state index contributed by atoms with van der Waals surface area (Å²) in [7, 11) is 0. The van der Waals surface area contributed by atoms with Crippen LogP contribution in [-0.4, -0.2) is 23.0 Å². The molecule has 0 unspecified atom stereocenters. The van der Waals surface area contributed by atoms with Gasteiger partial charge in [-0.2, -0.15) is 0 Å². The van der Waals surface area contributed by atoms with Gasteiger partial charge in [-0.1, -0.05) is 30.7 Å². The van der Waals surface area contributed by atoms with Crippen LogP contribution in [0.15, 0.2) is 16.8 Å². The Morgan fingerprint density at radius 2 is 1.92 bits per heavy atom. The monoisotopic (exact) mass is 345 g/mol. The van der Waals surface area contributed by atoms with Crippen LogP contribution in [0.2, 0.25) is 0 Å². The van der Waals surface area contributed by atoms with Crippen LogP contribution in [0.5, 0.6) is 0 Å². The van der Waals surface area contributed by atoms with E-state index >= 15 is 0 Å². The van der Waals surface area contributed by atoms with E-state index in [1.165, 1.54) is 25.3 Å². The summed E-state index contributed by atoms with van der Waals surface area (Å²) in [6.45, 7) is 6.30. The molecular weight excluding hydrogens is 314 g/mol. The number of fused-ring (bicyclic) bond motifs is 5. The van der Waals surface area contributed by atoms with Crippen LogP contribution in [0.25, 0.3) is 0 Å². The zero-order chi connectivity index (χ0) is 17.8. The molecule has 3 saturated carbocycles. The molecule has 0 radical (unpaired) electrons. The van der Waals surface area contributed by atoms with Crippen LogP contribution in [0.1, 0.15) is 72.1 Å². The van der Waals surface area contributed by atoms with Crippen molar-refractivity contribution >= 4 is 11.7 Å². The van der Waals surface area contributed by atoms with E-state index in [9.17, 15) is 10.0 Å². The summed E-state index contributed by atoms with van der Waals surface area (Å²) in [4.78, 5) is 11.3. The van der Waals surface area contributed by atoms with Crippen LogP contribution >= 0.6 is 0 Å². The molecule has 138 valence electrons. The van der Waals surface area contributed by atoms with Gasteiger partial charge in [-0.25, -0.2) is 0 Å². The van der Waals surface area contributed by atoms with Gasteiger partial charge in [0.1, 0.15) is 6.10 Å². The first-order valence-electron chi connectivity index (χ1n) is 9.96. The SMILES string of the molecule is CC(=O)O[C@@H]1CC[C@@]2(C)C(=CC[C@H]3[C@H]2CC[C@]2(C)/C(=N\O)CC[C@H]32)C1. The van der Waals surface area contributed by atoms with E-state index < -0.39 is 0 Å². The minimum Gasteiger partial charge on any atom is -0.462 e. The fourth-order valence-electron chi connectivity index (χ4n) is 6.92. The zero-order valence-corrected chi connectivity index (χ0v) is 15.8. The summed E-state index contributed by atoms with van der Waals surface area (Å²) in [5.74, 6) is 1.93. The molecule has 0 aromatic rings. The number of ether oxygens (including phenoxy) is 1. The lowest BCUT2D eigenvalue weighted by Crippen LogP contribution is -2.50. The van der Waals surface area contributed by atoms with Gasteiger partial charge in [-0.05, 0) is 68.1 Å². The fraction of sp³-hybridized carbons (Fsp3) is 0.810. The van der Waals surface area contributed by atoms with Crippen molar-refractivity contribution in [2.75, 3.05) is 0 Å². The molecule has 3 fully saturated rings. The molecule has 0 spiro atoms. The van der Waals surface area contributed by atoms with Crippen LogP contribution in [0, 0.1) is 28.6 Å². The molecule has 4 rings (SSSR count). The Balaban J connectivity index is 1.60. The van der Waals surface area contributed by atoms with Crippen LogP contribution in [0.3, 0.4) is 0 Å². The highest BCUT2D eigenvalue weighted by Crippen LogP contribution is 2.64. The van der Waals surface area contributed by atoms with Crippen molar-refractivity contribution in [3.8, 4) is 0 Å². The maximum Gasteiger partial charge on any atom is 0.302 e. The summed E-state index contributed by atoms with van der Waals surface area (Å²) in [5, 5.41) is 13.1. The Kier molecular flexibility index (Phi) is 4.01. The van der Waals surface area contributed by atoms with E-state index in [2.05, 4.69) is 25.1 Å². The number of allylic oxidation sites excluding steroid dienone is 1. The summed E-state index contributed by atoms with van der Waals surface area (Å²) < 4.78 is 5.51. The summed E-state index contributed by atoms with van der Waals surface area (Å²) in [6, 6.07) is 0. The third kappa shape index (κ3) is 2.47. The largest absolute Gasteiger partial charge is 0.462 e. The lowest BCUT2D eigenvalue weighted by Gasteiger charge is -2.57. The molecule has 0 amide bonds. The Morgan fingerprint density at radius 1 is 1.20 bits per heavy atom. The molecule has 6 atom stereocenters. The average Bonchev–Trinajstić information content (AvgIpc) is 2.91. The van der Waals surface area contributed by atoms with Gasteiger partial charge < -0.3 is 9.94 Å². The van der Waals surface area contributed by atoms with Gasteiger partial charge in [-0.15, -0.1) is 0 Å². The molecule has 0 bridgehead atoms. The molecule has 4 heteroatoms. The minimum absolute atomic E-state index is 0.0711. The van der Waals surface area contributed by atoms with E-state index in [0.717, 1.165) is 50.2 Å². The molecule has 0 aromatic carbocycles. The molecule has 25 heavy (non-hydrogen) atoms. The molecule has 0 heterocycles. The van der Waals surface area contributed by atoms with Gasteiger partial charge in [0.2, 0.25) is 0 Å². The normalized spacial score (nSPS) is 47.5. The van der Waals surface area contributed by atoms with Crippen molar-refractivity contribution in [1.82, 2.24) is 0 Å². The predicted molar refractivity (Wildman–Crippen MR) is 96.5 cm³/mol. The third-order valence-corrected chi connectivity index (χ3v) is 8.25. The highest BCUT2D eigenvalue weighted by molar-refractivity contribution is 5.92. The first kappa shape index (κ1) is 17.1. The van der Waals surface area contributed by atoms with Crippen LogP contribution in [0.4, 0.5) is 0 Å². The van der Waals surface area contributed by atoms with E-state index in [-0.39, 0.29) is 22.9 Å². The van der Waals surface area contributed by atoms with Crippen molar-refractivity contribution in [2.45, 2.75) is 78.2 Å². The van der Waals surface area contributed by atoms with Crippen molar-refractivity contribution in [3.05, 3.63) is 11.6 Å². The predicted octanol–water partition coefficient (Wildman–Crippen LogP) is 4.71. The third-order valence-electron chi connectivity index (χ3n) is 8.25. The van der Waals surface area contributed by atoms with E-state index in [1.807, 2.05) is 0 Å². The summed E-state index contributed by atoms with van der Waals surface area (Å²) in [6.07, 6.45) is 11.2. The topological polar surface area (TPSA) is 58.9 Å². The number of hydrogen-bond donors (Lipinski definition) is 1. The lowest BCUT2D eigenvalue weighted by atomic mass is 9.48. The van der Waals surface area contributed by atoms with Crippen LogP contribution in [-0.2, 0) is 9.53 Å². The second-order valence-corrected chi connectivity index (χ2v) is 9.28. The molecule has 4 aliphatic carbocycles. The second kappa shape index (κ2) is 5.85. The number of carbonyl (C=O) groups excluding carboxylic acids is 1. The lowest BCUT2D eigenvalue weighted by molar-refractivity contribution is -0.148. The van der Waals surface area contributed by atoms with Crippen molar-refractivity contribution in [2.24, 2.45) is 33.7 Å². The van der Waals surface area contributed by atoms with Crippen molar-refractivity contribution < 1.29 is 14.7 Å². The molecule has 0 aliphatic heterocycles. The van der Waals surface area contributed by atoms with Gasteiger partial charge in [0, 0.05) is 18.8 Å². The van der Waals surface area contributed by atoms with Gasteiger partial charge >= 0.3 is 5.97 Å². The molecular formula is C21H31NO3. The standard InChI is InChI=1S/C21H31NO3/c1-13(23)25-15-8-10-20(2)14(12-15)4-5-16-17-6-7-19(22-24)21(17,3)11-9-18(16)20/h4,15-18,24H,5-12H2,1-3H3/b22-19-/t15-,16-,17-,18-,20+,21+/m1/s1. The number of esters is 1. The first-order chi connectivity index (χ1) is 11.9. The molecule has 4 nitrogen and oxygen atoms in total. The summed E-state index contributed by atoms with van der Waals surface area (Å²) in [5.41, 5.74) is 2.94. The Morgan fingerprint density at radius 3 is 2.64 bits per heavy atom. The second-order valence-electron chi connectivity index (χ2n) is 9.28. The number of carbonyl (C=O) groups is 1. The number of rotatable bonds is 1. The number of hydrogen-bond acceptors (Lipinski definition) is 4. The zero-order valence-electron chi connectivity index (χ0n) is 15.8. The van der Waals surface area contributed by atoms with E-state index in [0.29, 0.717) is 11.8 Å². The average molecular weight is 345 g/mol. The highest BCUT2D eigenvalue weighted by atomic mass is 16.5. The quantitative estimate of drug-likeness (QED) is 0.324. The summed E-state index contributed by atoms with van der Waals surface area (Å²) >= 11 is 0. The van der Waals surface area contributed by atoms with E-state index in [1.54, 1.807) is 0 Å². The maximum atomic E-state index is 11.3. The van der Waals surface area contributed by atoms with Crippen molar-refractivity contribution in [3.63, 3.8) is 0 Å². The van der Waals surface area contributed by atoms with Gasteiger partial charge in [0.05, 0.1) is 5.71 Å². The minimum atomic E-state index is -0.155. The number of oxime groups is 1. The van der Waals surface area contributed by atoms with Crippen molar-refractivity contribution in [1.29, 1.82) is 0 Å². The molecule has 0 saturated heterocycles. The van der Waals surface area contributed by atoms with Gasteiger partial charge in [-0.3, -0.25) is 4.79 Å². The highest BCUT2D eigenvalue weighted by Gasteiger charge is 2.58. The van der Waals surface area contributed by atoms with Gasteiger partial charge in [0.15, 0.2) is 0 Å². The maximum absolute atomic E-state index is 11.3. The number of nitrogens with zero attached hydrogens (tertiary/aromatic N) is 1. The fourth-order valence-corrected chi connectivity index (χ4v) is 6.92. The molecule has 4 aliphatic rings. The first-order valence-corrected chi connectivity index (χ1v) is 9.96.